The summed E-state index contributed by atoms with van der Waals surface area (Å²) in [5.41, 5.74) is 1.81. The molecule has 0 bridgehead atoms. The number of phenols is 2. The molecule has 4 nitrogen and oxygen atoms in total. The molecule has 3 rings (SSSR count). The number of nitrogens with zero attached hydrogens (tertiary/aromatic N) is 2. The van der Waals surface area contributed by atoms with Crippen LogP contribution in [-0.4, -0.2) is 10.2 Å². The summed E-state index contributed by atoms with van der Waals surface area (Å²) in [6.07, 6.45) is 0.842. The third kappa shape index (κ3) is 2.63. The second-order valence-corrected chi connectivity index (χ2v) is 5.03. The van der Waals surface area contributed by atoms with Crippen LogP contribution in [0.4, 0.5) is 11.4 Å². The molecule has 3 aromatic carbocycles. The zero-order chi connectivity index (χ0) is 15.5. The first-order valence-corrected chi connectivity index (χ1v) is 7.13. The summed E-state index contributed by atoms with van der Waals surface area (Å²) in [5.74, 6) is 0.148. The molecular formula is C18H16N2O2. The smallest absolute Gasteiger partial charge is 0.143 e. The highest BCUT2D eigenvalue weighted by molar-refractivity contribution is 5.95. The number of aromatic hydroxyl groups is 2. The topological polar surface area (TPSA) is 65.2 Å². The SMILES string of the molecule is CCc1ccc(N=Nc2c(O)ccc3ccccc23)c(O)c1. The Labute approximate surface area is 128 Å². The average molecular weight is 292 g/mol. The van der Waals surface area contributed by atoms with Crippen molar-refractivity contribution in [2.45, 2.75) is 13.3 Å². The van der Waals surface area contributed by atoms with Crippen molar-refractivity contribution in [3.63, 3.8) is 0 Å². The Morgan fingerprint density at radius 3 is 2.45 bits per heavy atom. The van der Waals surface area contributed by atoms with Crippen LogP contribution in [0.1, 0.15) is 12.5 Å². The fourth-order valence-electron chi connectivity index (χ4n) is 2.33. The molecule has 22 heavy (non-hydrogen) atoms. The van der Waals surface area contributed by atoms with Gasteiger partial charge in [0, 0.05) is 5.39 Å². The van der Waals surface area contributed by atoms with E-state index in [9.17, 15) is 10.2 Å². The first kappa shape index (κ1) is 14.1. The van der Waals surface area contributed by atoms with E-state index in [4.69, 9.17) is 0 Å². The molecule has 0 spiro atoms. The second-order valence-electron chi connectivity index (χ2n) is 5.03. The Bertz CT molecular complexity index is 857. The van der Waals surface area contributed by atoms with Crippen LogP contribution in [0.5, 0.6) is 11.5 Å². The molecule has 0 aliphatic heterocycles. The number of benzene rings is 3. The lowest BCUT2D eigenvalue weighted by molar-refractivity contribution is 0.474. The molecular weight excluding hydrogens is 276 g/mol. The van der Waals surface area contributed by atoms with Crippen LogP contribution in [0.25, 0.3) is 10.8 Å². The molecule has 0 saturated heterocycles. The van der Waals surface area contributed by atoms with E-state index in [0.717, 1.165) is 22.8 Å². The lowest BCUT2D eigenvalue weighted by Crippen LogP contribution is -1.78. The summed E-state index contributed by atoms with van der Waals surface area (Å²) in [6.45, 7) is 2.02. The highest BCUT2D eigenvalue weighted by Crippen LogP contribution is 2.37. The van der Waals surface area contributed by atoms with Crippen molar-refractivity contribution in [2.75, 3.05) is 0 Å². The molecule has 0 heterocycles. The summed E-state index contributed by atoms with van der Waals surface area (Å²) < 4.78 is 0. The monoisotopic (exact) mass is 292 g/mol. The van der Waals surface area contributed by atoms with Gasteiger partial charge in [-0.2, -0.15) is 0 Å². The quantitative estimate of drug-likeness (QED) is 0.649. The fraction of sp³-hybridized carbons (Fsp3) is 0.111. The third-order valence-corrected chi connectivity index (χ3v) is 3.59. The van der Waals surface area contributed by atoms with Crippen LogP contribution in [0.15, 0.2) is 64.8 Å². The molecule has 2 N–H and O–H groups in total. The van der Waals surface area contributed by atoms with E-state index in [0.29, 0.717) is 11.4 Å². The maximum absolute atomic E-state index is 10.0. The number of fused-ring (bicyclic) bond motifs is 1. The van der Waals surface area contributed by atoms with Gasteiger partial charge in [0.15, 0.2) is 0 Å². The Morgan fingerprint density at radius 1 is 0.864 bits per heavy atom. The summed E-state index contributed by atoms with van der Waals surface area (Å²) in [5, 5.41) is 30.0. The van der Waals surface area contributed by atoms with Gasteiger partial charge in [0.1, 0.15) is 22.9 Å². The van der Waals surface area contributed by atoms with Crippen LogP contribution < -0.4 is 0 Å². The number of azo groups is 1. The number of hydrogen-bond donors (Lipinski definition) is 2. The standard InChI is InChI=1S/C18H16N2O2/c1-2-12-7-9-15(17(22)11-12)19-20-18-14-6-4-3-5-13(14)8-10-16(18)21/h3-11,21-22H,2H2,1H3. The van der Waals surface area contributed by atoms with Gasteiger partial charge in [0.2, 0.25) is 0 Å². The van der Waals surface area contributed by atoms with E-state index >= 15 is 0 Å². The lowest BCUT2D eigenvalue weighted by atomic mass is 10.1. The Hall–Kier alpha value is -2.88. The predicted molar refractivity (Wildman–Crippen MR) is 87.3 cm³/mol. The van der Waals surface area contributed by atoms with Gasteiger partial charge in [-0.05, 0) is 35.6 Å². The maximum Gasteiger partial charge on any atom is 0.143 e. The normalized spacial score (nSPS) is 11.3. The summed E-state index contributed by atoms with van der Waals surface area (Å²) in [7, 11) is 0. The third-order valence-electron chi connectivity index (χ3n) is 3.59. The van der Waals surface area contributed by atoms with Crippen molar-refractivity contribution in [3.8, 4) is 11.5 Å². The van der Waals surface area contributed by atoms with E-state index in [1.165, 1.54) is 0 Å². The molecule has 0 amide bonds. The van der Waals surface area contributed by atoms with Crippen molar-refractivity contribution in [1.29, 1.82) is 0 Å². The minimum Gasteiger partial charge on any atom is -0.506 e. The summed E-state index contributed by atoms with van der Waals surface area (Å²) in [4.78, 5) is 0. The highest BCUT2D eigenvalue weighted by atomic mass is 16.3. The Kier molecular flexibility index (Phi) is 3.74. The molecule has 0 atom stereocenters. The molecule has 0 saturated carbocycles. The number of aryl methyl sites for hydroxylation is 1. The number of hydrogen-bond acceptors (Lipinski definition) is 4. The molecule has 0 fully saturated rings. The van der Waals surface area contributed by atoms with Gasteiger partial charge in [-0.3, -0.25) is 0 Å². The van der Waals surface area contributed by atoms with Crippen LogP contribution in [0.2, 0.25) is 0 Å². The van der Waals surface area contributed by atoms with E-state index in [1.807, 2.05) is 43.3 Å². The highest BCUT2D eigenvalue weighted by Gasteiger charge is 2.07. The van der Waals surface area contributed by atoms with Gasteiger partial charge in [0.05, 0.1) is 0 Å². The van der Waals surface area contributed by atoms with Gasteiger partial charge in [-0.25, -0.2) is 0 Å². The Balaban J connectivity index is 2.04. The van der Waals surface area contributed by atoms with Crippen LogP contribution in [-0.2, 0) is 6.42 Å². The van der Waals surface area contributed by atoms with E-state index in [1.54, 1.807) is 18.2 Å². The average Bonchev–Trinajstić information content (AvgIpc) is 2.55. The van der Waals surface area contributed by atoms with Crippen molar-refractivity contribution in [2.24, 2.45) is 10.2 Å². The van der Waals surface area contributed by atoms with Crippen LogP contribution >= 0.6 is 0 Å². The van der Waals surface area contributed by atoms with Crippen LogP contribution in [0.3, 0.4) is 0 Å². The Morgan fingerprint density at radius 2 is 1.68 bits per heavy atom. The van der Waals surface area contributed by atoms with Crippen LogP contribution in [0, 0.1) is 0 Å². The van der Waals surface area contributed by atoms with Gasteiger partial charge in [-0.1, -0.05) is 43.3 Å². The van der Waals surface area contributed by atoms with Crippen molar-refractivity contribution in [3.05, 3.63) is 60.2 Å². The number of phenolic OH excluding ortho intramolecular Hbond substituents is 2. The van der Waals surface area contributed by atoms with E-state index < -0.39 is 0 Å². The van der Waals surface area contributed by atoms with Gasteiger partial charge < -0.3 is 10.2 Å². The molecule has 3 aromatic rings. The molecule has 0 radical (unpaired) electrons. The van der Waals surface area contributed by atoms with Gasteiger partial charge in [0.25, 0.3) is 0 Å². The van der Waals surface area contributed by atoms with Gasteiger partial charge in [-0.15, -0.1) is 10.2 Å². The largest absolute Gasteiger partial charge is 0.506 e. The molecule has 4 heteroatoms. The summed E-state index contributed by atoms with van der Waals surface area (Å²) >= 11 is 0. The second kappa shape index (κ2) is 5.85. The zero-order valence-corrected chi connectivity index (χ0v) is 12.2. The van der Waals surface area contributed by atoms with E-state index in [2.05, 4.69) is 10.2 Å². The first-order valence-electron chi connectivity index (χ1n) is 7.13. The molecule has 0 aliphatic rings. The van der Waals surface area contributed by atoms with E-state index in [-0.39, 0.29) is 11.5 Å². The maximum atomic E-state index is 10.0. The number of rotatable bonds is 3. The zero-order valence-electron chi connectivity index (χ0n) is 12.2. The molecule has 0 aromatic heterocycles. The first-order chi connectivity index (χ1) is 10.7. The van der Waals surface area contributed by atoms with Crippen molar-refractivity contribution < 1.29 is 10.2 Å². The molecule has 0 aliphatic carbocycles. The molecule has 0 unspecified atom stereocenters. The van der Waals surface area contributed by atoms with Crippen molar-refractivity contribution >= 4 is 22.1 Å². The minimum atomic E-state index is 0.0621. The fourth-order valence-corrected chi connectivity index (χ4v) is 2.33. The lowest BCUT2D eigenvalue weighted by Gasteiger charge is -2.04. The van der Waals surface area contributed by atoms with Crippen molar-refractivity contribution in [1.82, 2.24) is 0 Å². The predicted octanol–water partition coefficient (Wildman–Crippen LogP) is 5.23. The molecule has 110 valence electrons. The van der Waals surface area contributed by atoms with Gasteiger partial charge >= 0.3 is 0 Å². The summed E-state index contributed by atoms with van der Waals surface area (Å²) in [6, 6.07) is 16.4. The minimum absolute atomic E-state index is 0.0621.